The summed E-state index contributed by atoms with van der Waals surface area (Å²) < 4.78 is 42.9. The molecule has 1 aliphatic carbocycles. The predicted molar refractivity (Wildman–Crippen MR) is 37.3 cm³/mol. The molecule has 0 heterocycles. The molecule has 1 rings (SSSR count). The molecule has 0 atom stereocenters. The van der Waals surface area contributed by atoms with Crippen molar-refractivity contribution in [1.29, 1.82) is 0 Å². The van der Waals surface area contributed by atoms with Gasteiger partial charge in [-0.25, -0.2) is 0 Å². The van der Waals surface area contributed by atoms with Gasteiger partial charge < -0.3 is 10.0 Å². The van der Waals surface area contributed by atoms with Crippen molar-refractivity contribution in [1.82, 2.24) is 4.90 Å². The highest BCUT2D eigenvalue weighted by Gasteiger charge is 2.41. The summed E-state index contributed by atoms with van der Waals surface area (Å²) in [7, 11) is 0. The van der Waals surface area contributed by atoms with E-state index in [9.17, 15) is 0 Å². The van der Waals surface area contributed by atoms with E-state index in [1.165, 1.54) is 0 Å². The van der Waals surface area contributed by atoms with Crippen LogP contribution < -0.4 is 0 Å². The number of hydrogen-bond acceptors (Lipinski definition) is 2. The molecule has 0 aromatic heterocycles. The Morgan fingerprint density at radius 3 is 2.67 bits per heavy atom. The minimum absolute atomic E-state index is 0.101. The van der Waals surface area contributed by atoms with Gasteiger partial charge in [0.2, 0.25) is 0 Å². The predicted octanol–water partition coefficient (Wildman–Crippen LogP) is 0.321. The van der Waals surface area contributed by atoms with Gasteiger partial charge in [-0.05, 0) is 26.8 Å². The van der Waals surface area contributed by atoms with Crippen LogP contribution in [0.2, 0.25) is 0 Å². The summed E-state index contributed by atoms with van der Waals surface area (Å²) >= 11 is 0. The normalized spacial score (nSPS) is 35.3. The van der Waals surface area contributed by atoms with Crippen LogP contribution in [-0.2, 0) is 0 Å². The molecule has 1 fully saturated rings. The third-order valence-corrected chi connectivity index (χ3v) is 1.79. The Morgan fingerprint density at radius 1 is 1.67 bits per heavy atom. The fourth-order valence-electron chi connectivity index (χ4n) is 0.878. The number of aliphatic hydroxyl groups excluding tert-OH is 1. The van der Waals surface area contributed by atoms with Crippen molar-refractivity contribution >= 4 is 0 Å². The van der Waals surface area contributed by atoms with Crippen LogP contribution in [-0.4, -0.2) is 37.1 Å². The van der Waals surface area contributed by atoms with E-state index in [1.807, 2.05) is 0 Å². The van der Waals surface area contributed by atoms with Gasteiger partial charge in [0.05, 0.1) is 0 Å². The third kappa shape index (κ3) is 1.66. The number of rotatable bonds is 3. The molecule has 0 aromatic rings. The van der Waals surface area contributed by atoms with E-state index in [4.69, 9.17) is 13.3 Å². The van der Waals surface area contributed by atoms with Crippen LogP contribution in [0.25, 0.3) is 0 Å². The van der Waals surface area contributed by atoms with Crippen molar-refractivity contribution in [3.8, 4) is 0 Å². The maximum Gasteiger partial charge on any atom is 0.0499 e. The molecule has 54 valence electrons. The van der Waals surface area contributed by atoms with Crippen LogP contribution in [0.1, 0.15) is 21.1 Å². The molecular formula is C7H15NO. The molecule has 9 heavy (non-hydrogen) atoms. The van der Waals surface area contributed by atoms with Gasteiger partial charge in [0.25, 0.3) is 0 Å². The molecule has 2 nitrogen and oxygen atoms in total. The first-order valence-corrected chi connectivity index (χ1v) is 2.99. The van der Waals surface area contributed by atoms with Crippen molar-refractivity contribution in [3.63, 3.8) is 0 Å². The van der Waals surface area contributed by atoms with Gasteiger partial charge in [0, 0.05) is 26.8 Å². The highest BCUT2D eigenvalue weighted by atomic mass is 16.3. The molecule has 0 aromatic carbocycles. The first kappa shape index (κ1) is 2.51. The molecule has 0 amide bonds. The summed E-state index contributed by atoms with van der Waals surface area (Å²) in [5, 5.41) is 9.04. The Hall–Kier alpha value is -0.0800. The zero-order valence-corrected chi connectivity index (χ0v) is 5.22. The fourth-order valence-corrected chi connectivity index (χ4v) is 0.878. The van der Waals surface area contributed by atoms with E-state index in [1.54, 1.807) is 0 Å². The van der Waals surface area contributed by atoms with Crippen molar-refractivity contribution in [2.75, 3.05) is 27.1 Å². The van der Waals surface area contributed by atoms with Crippen molar-refractivity contribution in [2.24, 2.45) is 5.41 Å². The average Bonchev–Trinajstić information content (AvgIpc) is 2.76. The summed E-state index contributed by atoms with van der Waals surface area (Å²) in [5.41, 5.74) is -0.511. The molecule has 0 radical (unpaired) electrons. The van der Waals surface area contributed by atoms with Gasteiger partial charge >= 0.3 is 0 Å². The van der Waals surface area contributed by atoms with Crippen molar-refractivity contribution < 1.29 is 13.3 Å². The standard InChI is InChI=1S/C7H15NO/c1-8(2)5-7(6-9)3-4-7/h9H,3-6H2,1-2H3/i1D3,2D3. The van der Waals surface area contributed by atoms with E-state index in [2.05, 4.69) is 0 Å². The third-order valence-electron chi connectivity index (χ3n) is 1.79. The summed E-state index contributed by atoms with van der Waals surface area (Å²) in [6, 6.07) is 0. The second kappa shape index (κ2) is 2.27. The van der Waals surface area contributed by atoms with Gasteiger partial charge in [-0.3, -0.25) is 0 Å². The lowest BCUT2D eigenvalue weighted by molar-refractivity contribution is 0.176. The molecule has 2 heteroatoms. The van der Waals surface area contributed by atoms with E-state index in [0.29, 0.717) is 17.7 Å². The van der Waals surface area contributed by atoms with Gasteiger partial charge in [-0.1, -0.05) is 0 Å². The van der Waals surface area contributed by atoms with Crippen molar-refractivity contribution in [3.05, 3.63) is 0 Å². The maximum atomic E-state index is 9.04. The Morgan fingerprint density at radius 2 is 2.33 bits per heavy atom. The zero-order valence-electron chi connectivity index (χ0n) is 11.2. The summed E-state index contributed by atoms with van der Waals surface area (Å²) in [6.45, 7) is -5.54. The molecule has 0 bridgehead atoms. The quantitative estimate of drug-likeness (QED) is 0.602. The second-order valence-electron chi connectivity index (χ2n) is 2.74. The van der Waals surface area contributed by atoms with Crippen LogP contribution >= 0.6 is 0 Å². The fraction of sp³-hybridized carbons (Fsp3) is 1.00. The van der Waals surface area contributed by atoms with Crippen LogP contribution in [0.15, 0.2) is 0 Å². The number of hydrogen-bond donors (Lipinski definition) is 1. The summed E-state index contributed by atoms with van der Waals surface area (Å²) in [5.74, 6) is 0. The largest absolute Gasteiger partial charge is 0.396 e. The van der Waals surface area contributed by atoms with Gasteiger partial charge in [-0.15, -0.1) is 0 Å². The first-order chi connectivity index (χ1) is 6.61. The summed E-state index contributed by atoms with van der Waals surface area (Å²) in [6.07, 6.45) is 1.37. The molecule has 1 saturated carbocycles. The lowest BCUT2D eigenvalue weighted by atomic mass is 10.1. The van der Waals surface area contributed by atoms with E-state index in [-0.39, 0.29) is 13.2 Å². The minimum Gasteiger partial charge on any atom is -0.396 e. The van der Waals surface area contributed by atoms with Crippen LogP contribution in [0.5, 0.6) is 0 Å². The average molecular weight is 135 g/mol. The molecule has 1 aliphatic rings. The minimum atomic E-state index is -2.64. The highest BCUT2D eigenvalue weighted by Crippen LogP contribution is 2.45. The van der Waals surface area contributed by atoms with Crippen molar-refractivity contribution in [2.45, 2.75) is 12.8 Å². The van der Waals surface area contributed by atoms with Gasteiger partial charge in [-0.2, -0.15) is 0 Å². The maximum absolute atomic E-state index is 9.04. The molecular weight excluding hydrogens is 114 g/mol. The number of aliphatic hydroxyl groups is 1. The van der Waals surface area contributed by atoms with E-state index >= 15 is 0 Å². The highest BCUT2D eigenvalue weighted by molar-refractivity contribution is 4.93. The Kier molecular flexibility index (Phi) is 0.635. The van der Waals surface area contributed by atoms with Crippen LogP contribution in [0, 0.1) is 5.41 Å². The van der Waals surface area contributed by atoms with Crippen LogP contribution in [0.3, 0.4) is 0 Å². The second-order valence-corrected chi connectivity index (χ2v) is 2.74. The lowest BCUT2D eigenvalue weighted by Gasteiger charge is -2.16. The Balaban J connectivity index is 2.75. The van der Waals surface area contributed by atoms with E-state index in [0.717, 1.165) is 0 Å². The zero-order chi connectivity index (χ0) is 11.9. The Bertz CT molecular complexity index is 217. The monoisotopic (exact) mass is 135 g/mol. The number of nitrogens with zero attached hydrogens (tertiary/aromatic N) is 1. The molecule has 0 unspecified atom stereocenters. The van der Waals surface area contributed by atoms with Gasteiger partial charge in [0.1, 0.15) is 0 Å². The molecule has 1 N–H and O–H groups in total. The van der Waals surface area contributed by atoms with Crippen LogP contribution in [0.4, 0.5) is 0 Å². The van der Waals surface area contributed by atoms with Gasteiger partial charge in [0.15, 0.2) is 0 Å². The topological polar surface area (TPSA) is 23.5 Å². The first-order valence-electron chi connectivity index (χ1n) is 5.99. The van der Waals surface area contributed by atoms with E-state index < -0.39 is 19.4 Å². The Labute approximate surface area is 64.9 Å². The molecule has 0 spiro atoms. The lowest BCUT2D eigenvalue weighted by Crippen LogP contribution is -2.25. The summed E-state index contributed by atoms with van der Waals surface area (Å²) in [4.78, 5) is 0.517. The molecule has 0 aliphatic heterocycles. The SMILES string of the molecule is [2H]C([2H])([2H])N(CC1(CO)CC1)C([2H])([2H])[2H]. The smallest absolute Gasteiger partial charge is 0.0499 e. The molecule has 0 saturated heterocycles.